The van der Waals surface area contributed by atoms with Crippen molar-refractivity contribution in [2.45, 2.75) is 26.7 Å². The molecule has 1 aliphatic heterocycles. The molecule has 0 N–H and O–H groups in total. The Labute approximate surface area is 178 Å². The SMILES string of the molecule is Cc1ccc2c(c1)C(=O)N(CCCC(=O)OCC(=O)c1oc3ccccc3c1C)C2=O. The largest absolute Gasteiger partial charge is 0.457 e. The van der Waals surface area contributed by atoms with Gasteiger partial charge in [0.15, 0.2) is 12.4 Å². The van der Waals surface area contributed by atoms with Crippen LogP contribution in [0.1, 0.15) is 55.2 Å². The number of amides is 2. The zero-order valence-corrected chi connectivity index (χ0v) is 17.3. The van der Waals surface area contributed by atoms with Crippen LogP contribution in [0, 0.1) is 13.8 Å². The van der Waals surface area contributed by atoms with Gasteiger partial charge < -0.3 is 9.15 Å². The van der Waals surface area contributed by atoms with Gasteiger partial charge >= 0.3 is 5.97 Å². The maximum atomic E-state index is 12.4. The summed E-state index contributed by atoms with van der Waals surface area (Å²) < 4.78 is 10.7. The summed E-state index contributed by atoms with van der Waals surface area (Å²) >= 11 is 0. The second-order valence-corrected chi connectivity index (χ2v) is 7.55. The van der Waals surface area contributed by atoms with E-state index in [9.17, 15) is 19.2 Å². The van der Waals surface area contributed by atoms with Gasteiger partial charge in [-0.3, -0.25) is 24.1 Å². The first-order valence-electron chi connectivity index (χ1n) is 10.0. The van der Waals surface area contributed by atoms with Crippen molar-refractivity contribution in [3.05, 3.63) is 70.5 Å². The number of rotatable bonds is 7. The van der Waals surface area contributed by atoms with Gasteiger partial charge in [-0.15, -0.1) is 0 Å². The molecular formula is C24H21NO6. The number of esters is 1. The van der Waals surface area contributed by atoms with Crippen LogP contribution in [0.5, 0.6) is 0 Å². The molecule has 2 amide bonds. The molecule has 0 bridgehead atoms. The van der Waals surface area contributed by atoms with Gasteiger partial charge in [0.2, 0.25) is 5.78 Å². The number of ketones is 1. The van der Waals surface area contributed by atoms with Crippen LogP contribution in [0.4, 0.5) is 0 Å². The Kier molecular flexibility index (Phi) is 5.42. The Morgan fingerprint density at radius 2 is 1.74 bits per heavy atom. The third kappa shape index (κ3) is 3.86. The first-order valence-corrected chi connectivity index (χ1v) is 10.0. The van der Waals surface area contributed by atoms with Gasteiger partial charge in [0.25, 0.3) is 11.8 Å². The fourth-order valence-electron chi connectivity index (χ4n) is 3.71. The van der Waals surface area contributed by atoms with Crippen LogP contribution in [0.3, 0.4) is 0 Å². The molecule has 7 heteroatoms. The fourth-order valence-corrected chi connectivity index (χ4v) is 3.71. The van der Waals surface area contributed by atoms with E-state index in [2.05, 4.69) is 0 Å². The first-order chi connectivity index (χ1) is 14.9. The molecule has 2 heterocycles. The Morgan fingerprint density at radius 3 is 2.52 bits per heavy atom. The van der Waals surface area contributed by atoms with E-state index < -0.39 is 18.4 Å². The summed E-state index contributed by atoms with van der Waals surface area (Å²) in [5.74, 6) is -1.53. The van der Waals surface area contributed by atoms with Crippen molar-refractivity contribution < 1.29 is 28.3 Å². The van der Waals surface area contributed by atoms with Crippen LogP contribution in [0.25, 0.3) is 11.0 Å². The Morgan fingerprint density at radius 1 is 1.00 bits per heavy atom. The number of carbonyl (C=O) groups excluding carboxylic acids is 4. The lowest BCUT2D eigenvalue weighted by Gasteiger charge is -2.13. The van der Waals surface area contributed by atoms with E-state index in [4.69, 9.17) is 9.15 Å². The number of hydrogen-bond donors (Lipinski definition) is 0. The average Bonchev–Trinajstić information content (AvgIpc) is 3.21. The molecule has 0 saturated heterocycles. The lowest BCUT2D eigenvalue weighted by Crippen LogP contribution is -2.31. The Bertz CT molecular complexity index is 1220. The highest BCUT2D eigenvalue weighted by Gasteiger charge is 2.35. The van der Waals surface area contributed by atoms with Gasteiger partial charge in [-0.2, -0.15) is 0 Å². The van der Waals surface area contributed by atoms with Crippen LogP contribution in [0.2, 0.25) is 0 Å². The normalized spacial score (nSPS) is 13.0. The van der Waals surface area contributed by atoms with Crippen molar-refractivity contribution >= 4 is 34.5 Å². The van der Waals surface area contributed by atoms with E-state index in [0.29, 0.717) is 22.3 Å². The number of imide groups is 1. The highest BCUT2D eigenvalue weighted by molar-refractivity contribution is 6.21. The Hall–Kier alpha value is -3.74. The molecule has 158 valence electrons. The average molecular weight is 419 g/mol. The third-order valence-corrected chi connectivity index (χ3v) is 5.35. The number of carbonyl (C=O) groups is 4. The van der Waals surface area contributed by atoms with Gasteiger partial charge in [0, 0.05) is 23.9 Å². The van der Waals surface area contributed by atoms with Crippen molar-refractivity contribution in [1.82, 2.24) is 4.90 Å². The van der Waals surface area contributed by atoms with Gasteiger partial charge in [-0.1, -0.05) is 29.8 Å². The van der Waals surface area contributed by atoms with Crippen LogP contribution >= 0.6 is 0 Å². The molecule has 7 nitrogen and oxygen atoms in total. The van der Waals surface area contributed by atoms with E-state index in [0.717, 1.165) is 15.8 Å². The standard InChI is InChI=1S/C24H21NO6/c1-14-9-10-17-18(12-14)24(29)25(23(17)28)11-5-8-21(27)30-13-19(26)22-15(2)16-6-3-4-7-20(16)31-22/h3-4,6-7,9-10,12H,5,8,11,13H2,1-2H3. The lowest BCUT2D eigenvalue weighted by atomic mass is 10.1. The monoisotopic (exact) mass is 419 g/mol. The number of nitrogens with zero attached hydrogens (tertiary/aromatic N) is 1. The molecule has 0 spiro atoms. The zero-order valence-electron chi connectivity index (χ0n) is 17.3. The van der Waals surface area contributed by atoms with E-state index in [1.54, 1.807) is 31.2 Å². The number of aryl methyl sites for hydroxylation is 2. The Balaban J connectivity index is 1.28. The van der Waals surface area contributed by atoms with E-state index in [-0.39, 0.29) is 37.0 Å². The molecule has 31 heavy (non-hydrogen) atoms. The first kappa shape index (κ1) is 20.5. The third-order valence-electron chi connectivity index (χ3n) is 5.35. The number of benzene rings is 2. The van der Waals surface area contributed by atoms with E-state index >= 15 is 0 Å². The molecule has 0 fully saturated rings. The summed E-state index contributed by atoms with van der Waals surface area (Å²) in [6.07, 6.45) is 0.236. The number of para-hydroxylation sites is 1. The summed E-state index contributed by atoms with van der Waals surface area (Å²) in [7, 11) is 0. The number of hydrogen-bond acceptors (Lipinski definition) is 6. The summed E-state index contributed by atoms with van der Waals surface area (Å²) in [6.45, 7) is 3.32. The summed E-state index contributed by atoms with van der Waals surface area (Å²) in [5.41, 5.74) is 2.97. The number of ether oxygens (including phenoxy) is 1. The maximum Gasteiger partial charge on any atom is 0.306 e. The summed E-state index contributed by atoms with van der Waals surface area (Å²) in [6, 6.07) is 12.4. The van der Waals surface area contributed by atoms with Crippen molar-refractivity contribution in [1.29, 1.82) is 0 Å². The minimum Gasteiger partial charge on any atom is -0.457 e. The quantitative estimate of drug-likeness (QED) is 0.328. The van der Waals surface area contributed by atoms with Crippen LogP contribution in [0.15, 0.2) is 46.9 Å². The summed E-state index contributed by atoms with van der Waals surface area (Å²) in [4.78, 5) is 50.4. The maximum absolute atomic E-state index is 12.4. The van der Waals surface area contributed by atoms with Gasteiger partial charge in [0.05, 0.1) is 11.1 Å². The molecule has 3 aromatic rings. The molecule has 0 unspecified atom stereocenters. The van der Waals surface area contributed by atoms with E-state index in [1.807, 2.05) is 25.1 Å². The number of fused-ring (bicyclic) bond motifs is 2. The lowest BCUT2D eigenvalue weighted by molar-refractivity contribution is -0.142. The van der Waals surface area contributed by atoms with Crippen molar-refractivity contribution in [2.24, 2.45) is 0 Å². The van der Waals surface area contributed by atoms with Crippen LogP contribution in [-0.2, 0) is 9.53 Å². The minimum atomic E-state index is -0.574. The molecule has 0 atom stereocenters. The molecule has 4 rings (SSSR count). The molecule has 0 saturated carbocycles. The fraction of sp³-hybridized carbons (Fsp3) is 0.250. The zero-order chi connectivity index (χ0) is 22.1. The highest BCUT2D eigenvalue weighted by atomic mass is 16.5. The number of furan rings is 1. The number of Topliss-reactive ketones (excluding diaryl/α,β-unsaturated/α-hetero) is 1. The topological polar surface area (TPSA) is 93.9 Å². The highest BCUT2D eigenvalue weighted by Crippen LogP contribution is 2.26. The van der Waals surface area contributed by atoms with E-state index in [1.165, 1.54) is 0 Å². The van der Waals surface area contributed by atoms with Crippen LogP contribution < -0.4 is 0 Å². The predicted molar refractivity (Wildman–Crippen MR) is 112 cm³/mol. The molecule has 2 aromatic carbocycles. The molecule has 1 aliphatic rings. The molecule has 0 aliphatic carbocycles. The van der Waals surface area contributed by atoms with Gasteiger partial charge in [-0.05, 0) is 38.5 Å². The minimum absolute atomic E-state index is 0.0151. The molecule has 1 aromatic heterocycles. The smallest absolute Gasteiger partial charge is 0.306 e. The molecule has 0 radical (unpaired) electrons. The van der Waals surface area contributed by atoms with Gasteiger partial charge in [0.1, 0.15) is 5.58 Å². The second kappa shape index (κ2) is 8.18. The summed E-state index contributed by atoms with van der Waals surface area (Å²) in [5, 5.41) is 0.841. The van der Waals surface area contributed by atoms with Gasteiger partial charge in [-0.25, -0.2) is 0 Å². The van der Waals surface area contributed by atoms with Crippen molar-refractivity contribution in [2.75, 3.05) is 13.2 Å². The van der Waals surface area contributed by atoms with Crippen molar-refractivity contribution in [3.8, 4) is 0 Å². The second-order valence-electron chi connectivity index (χ2n) is 7.55. The predicted octanol–water partition coefficient (Wildman–Crippen LogP) is 3.85. The van der Waals surface area contributed by atoms with Crippen LogP contribution in [-0.4, -0.2) is 41.6 Å². The molecular weight excluding hydrogens is 398 g/mol. The van der Waals surface area contributed by atoms with Crippen molar-refractivity contribution in [3.63, 3.8) is 0 Å².